The van der Waals surface area contributed by atoms with E-state index in [0.717, 1.165) is 6.26 Å². The summed E-state index contributed by atoms with van der Waals surface area (Å²) in [5.74, 6) is -0.383. The summed E-state index contributed by atoms with van der Waals surface area (Å²) in [7, 11) is -3.29. The number of hydrogen-bond acceptors (Lipinski definition) is 3. The SMILES string of the molecule is CS(=O)(=O)c1cccc(C(N)Cc2cc(F)ccc2Cl)c1. The second-order valence-corrected chi connectivity index (χ2v) is 7.31. The van der Waals surface area contributed by atoms with Crippen LogP contribution in [0.5, 0.6) is 0 Å². The van der Waals surface area contributed by atoms with Crippen LogP contribution in [-0.4, -0.2) is 14.7 Å². The van der Waals surface area contributed by atoms with E-state index in [9.17, 15) is 12.8 Å². The third-order valence-corrected chi connectivity index (χ3v) is 4.64. The summed E-state index contributed by atoms with van der Waals surface area (Å²) in [6, 6.07) is 10.1. The lowest BCUT2D eigenvalue weighted by Gasteiger charge is -2.14. The lowest BCUT2D eigenvalue weighted by atomic mass is 9.99. The van der Waals surface area contributed by atoms with Gasteiger partial charge in [0.1, 0.15) is 5.82 Å². The molecule has 0 aliphatic carbocycles. The zero-order valence-electron chi connectivity index (χ0n) is 11.4. The summed E-state index contributed by atoms with van der Waals surface area (Å²) in [6.45, 7) is 0. The van der Waals surface area contributed by atoms with E-state index in [1.165, 1.54) is 30.3 Å². The van der Waals surface area contributed by atoms with Crippen LogP contribution < -0.4 is 5.73 Å². The molecule has 2 N–H and O–H groups in total. The van der Waals surface area contributed by atoms with Crippen molar-refractivity contribution in [3.05, 3.63) is 64.4 Å². The van der Waals surface area contributed by atoms with E-state index in [1.54, 1.807) is 12.1 Å². The van der Waals surface area contributed by atoms with E-state index in [-0.39, 0.29) is 10.7 Å². The Kier molecular flexibility index (Phi) is 4.66. The molecule has 0 aliphatic rings. The summed E-state index contributed by atoms with van der Waals surface area (Å²) < 4.78 is 36.3. The fraction of sp³-hybridized carbons (Fsp3) is 0.200. The molecule has 1 unspecified atom stereocenters. The van der Waals surface area contributed by atoms with Gasteiger partial charge in [0.15, 0.2) is 9.84 Å². The molecule has 0 heterocycles. The number of benzene rings is 2. The van der Waals surface area contributed by atoms with Crippen molar-refractivity contribution in [3.8, 4) is 0 Å². The number of rotatable bonds is 4. The molecule has 3 nitrogen and oxygen atoms in total. The second-order valence-electron chi connectivity index (χ2n) is 4.89. The second kappa shape index (κ2) is 6.13. The minimum absolute atomic E-state index is 0.209. The van der Waals surface area contributed by atoms with Gasteiger partial charge in [-0.15, -0.1) is 0 Å². The largest absolute Gasteiger partial charge is 0.324 e. The van der Waals surface area contributed by atoms with Gasteiger partial charge in [0.2, 0.25) is 0 Å². The maximum absolute atomic E-state index is 13.2. The van der Waals surface area contributed by atoms with E-state index in [0.29, 0.717) is 22.6 Å². The van der Waals surface area contributed by atoms with Crippen LogP contribution in [0.15, 0.2) is 47.4 Å². The number of nitrogens with two attached hydrogens (primary N) is 1. The third-order valence-electron chi connectivity index (χ3n) is 3.16. The van der Waals surface area contributed by atoms with Crippen LogP contribution in [-0.2, 0) is 16.3 Å². The molecule has 2 rings (SSSR count). The standard InChI is InChI=1S/C15H15ClFNO2S/c1-21(19,20)13-4-2-3-10(8-13)15(18)9-11-7-12(17)5-6-14(11)16/h2-8,15H,9,18H2,1H3. The van der Waals surface area contributed by atoms with Crippen molar-refractivity contribution < 1.29 is 12.8 Å². The lowest BCUT2D eigenvalue weighted by molar-refractivity contribution is 0.601. The zero-order chi connectivity index (χ0) is 15.6. The minimum atomic E-state index is -3.29. The highest BCUT2D eigenvalue weighted by Crippen LogP contribution is 2.24. The number of hydrogen-bond donors (Lipinski definition) is 1. The average molecular weight is 328 g/mol. The van der Waals surface area contributed by atoms with E-state index in [2.05, 4.69) is 0 Å². The number of sulfone groups is 1. The van der Waals surface area contributed by atoms with Gasteiger partial charge in [-0.3, -0.25) is 0 Å². The molecule has 2 aromatic rings. The molecule has 0 spiro atoms. The van der Waals surface area contributed by atoms with Gasteiger partial charge in [-0.2, -0.15) is 0 Å². The molecular formula is C15H15ClFNO2S. The first-order chi connectivity index (χ1) is 9.77. The predicted octanol–water partition coefficient (Wildman–Crippen LogP) is 3.13. The van der Waals surface area contributed by atoms with Crippen LogP contribution in [0.25, 0.3) is 0 Å². The van der Waals surface area contributed by atoms with Gasteiger partial charge in [-0.1, -0.05) is 23.7 Å². The normalized spacial score (nSPS) is 13.1. The lowest BCUT2D eigenvalue weighted by Crippen LogP contribution is -2.14. The zero-order valence-corrected chi connectivity index (χ0v) is 13.0. The topological polar surface area (TPSA) is 60.2 Å². The Morgan fingerprint density at radius 3 is 2.62 bits per heavy atom. The molecule has 2 aromatic carbocycles. The maximum atomic E-state index is 13.2. The highest BCUT2D eigenvalue weighted by Gasteiger charge is 2.13. The Balaban J connectivity index is 2.28. The monoisotopic (exact) mass is 327 g/mol. The van der Waals surface area contributed by atoms with Gasteiger partial charge in [0.25, 0.3) is 0 Å². The van der Waals surface area contributed by atoms with Gasteiger partial charge in [0.05, 0.1) is 4.90 Å². The van der Waals surface area contributed by atoms with Crippen LogP contribution in [0.4, 0.5) is 4.39 Å². The molecule has 0 aromatic heterocycles. The minimum Gasteiger partial charge on any atom is -0.324 e. The summed E-state index contributed by atoms with van der Waals surface area (Å²) in [6.07, 6.45) is 1.46. The predicted molar refractivity (Wildman–Crippen MR) is 81.6 cm³/mol. The Morgan fingerprint density at radius 1 is 1.24 bits per heavy atom. The van der Waals surface area contributed by atoms with E-state index >= 15 is 0 Å². The highest BCUT2D eigenvalue weighted by atomic mass is 35.5. The van der Waals surface area contributed by atoms with Gasteiger partial charge < -0.3 is 5.73 Å². The molecule has 1 atom stereocenters. The van der Waals surface area contributed by atoms with Crippen LogP contribution in [0.3, 0.4) is 0 Å². The van der Waals surface area contributed by atoms with Crippen molar-refractivity contribution in [3.63, 3.8) is 0 Å². The molecule has 21 heavy (non-hydrogen) atoms. The van der Waals surface area contributed by atoms with Crippen LogP contribution in [0.1, 0.15) is 17.2 Å². The molecule has 0 bridgehead atoms. The molecule has 0 aliphatic heterocycles. The van der Waals surface area contributed by atoms with Crippen LogP contribution in [0, 0.1) is 5.82 Å². The van der Waals surface area contributed by atoms with Crippen LogP contribution >= 0.6 is 11.6 Å². The molecule has 0 amide bonds. The van der Waals surface area contributed by atoms with Gasteiger partial charge >= 0.3 is 0 Å². The Bertz CT molecular complexity index is 762. The first-order valence-electron chi connectivity index (χ1n) is 6.27. The summed E-state index contributed by atoms with van der Waals surface area (Å²) in [5, 5.41) is 0.436. The Morgan fingerprint density at radius 2 is 1.95 bits per heavy atom. The van der Waals surface area contributed by atoms with Crippen molar-refractivity contribution in [2.24, 2.45) is 5.73 Å². The van der Waals surface area contributed by atoms with Crippen molar-refractivity contribution in [2.75, 3.05) is 6.26 Å². The third kappa shape index (κ3) is 4.03. The molecule has 0 saturated heterocycles. The Labute approximate surface area is 128 Å². The van der Waals surface area contributed by atoms with Crippen molar-refractivity contribution in [1.29, 1.82) is 0 Å². The van der Waals surface area contributed by atoms with Gasteiger partial charge in [-0.25, -0.2) is 12.8 Å². The molecule has 0 radical (unpaired) electrons. The van der Waals surface area contributed by atoms with Crippen LogP contribution in [0.2, 0.25) is 5.02 Å². The van der Waals surface area contributed by atoms with Crippen molar-refractivity contribution in [2.45, 2.75) is 17.4 Å². The first-order valence-corrected chi connectivity index (χ1v) is 8.54. The molecular weight excluding hydrogens is 313 g/mol. The quantitative estimate of drug-likeness (QED) is 0.938. The fourth-order valence-electron chi connectivity index (χ4n) is 2.03. The number of halogens is 2. The molecule has 0 fully saturated rings. The highest BCUT2D eigenvalue weighted by molar-refractivity contribution is 7.90. The molecule has 112 valence electrons. The van der Waals surface area contributed by atoms with Gasteiger partial charge in [-0.05, 0) is 47.9 Å². The fourth-order valence-corrected chi connectivity index (χ4v) is 2.90. The first kappa shape index (κ1) is 15.9. The summed E-state index contributed by atoms with van der Waals surface area (Å²) in [5.41, 5.74) is 7.34. The maximum Gasteiger partial charge on any atom is 0.175 e. The smallest absolute Gasteiger partial charge is 0.175 e. The molecule has 6 heteroatoms. The van der Waals surface area contributed by atoms with Crippen molar-refractivity contribution in [1.82, 2.24) is 0 Å². The van der Waals surface area contributed by atoms with Crippen molar-refractivity contribution >= 4 is 21.4 Å². The van der Waals surface area contributed by atoms with Gasteiger partial charge in [0, 0.05) is 17.3 Å². The average Bonchev–Trinajstić information content (AvgIpc) is 2.42. The van der Waals surface area contributed by atoms with E-state index in [4.69, 9.17) is 17.3 Å². The Hall–Kier alpha value is -1.43. The van der Waals surface area contributed by atoms with E-state index in [1.807, 2.05) is 0 Å². The summed E-state index contributed by atoms with van der Waals surface area (Å²) in [4.78, 5) is 0.209. The van der Waals surface area contributed by atoms with E-state index < -0.39 is 15.9 Å². The molecule has 0 saturated carbocycles. The summed E-state index contributed by atoms with van der Waals surface area (Å²) >= 11 is 6.01.